The molecule has 0 aliphatic heterocycles. The molecule has 1 N–H and O–H groups in total. The van der Waals surface area contributed by atoms with Crippen LogP contribution in [0.5, 0.6) is 0 Å². The smallest absolute Gasteiger partial charge is 0.263 e. The summed E-state index contributed by atoms with van der Waals surface area (Å²) in [5.74, 6) is 0.106. The first-order valence-corrected chi connectivity index (χ1v) is 7.44. The molecule has 1 heterocycles. The molecule has 0 aliphatic carbocycles. The van der Waals surface area contributed by atoms with Gasteiger partial charge in [-0.3, -0.25) is 4.72 Å². The number of benzene rings is 1. The van der Waals surface area contributed by atoms with E-state index in [2.05, 4.69) is 25.6 Å². The van der Waals surface area contributed by atoms with Gasteiger partial charge < -0.3 is 0 Å². The average molecular weight is 338 g/mol. The van der Waals surface area contributed by atoms with Crippen LogP contribution in [-0.4, -0.2) is 13.4 Å². The summed E-state index contributed by atoms with van der Waals surface area (Å²) in [6.45, 7) is 0. The third-order valence-electron chi connectivity index (χ3n) is 2.25. The molecular weight excluding hydrogens is 330 g/mol. The largest absolute Gasteiger partial charge is 0.264 e. The average Bonchev–Trinajstić information content (AvgIpc) is 2.38. The first kappa shape index (κ1) is 13.5. The lowest BCUT2D eigenvalue weighted by Crippen LogP contribution is -2.14. The van der Waals surface area contributed by atoms with Gasteiger partial charge in [-0.25, -0.2) is 13.4 Å². The van der Waals surface area contributed by atoms with Gasteiger partial charge in [0.25, 0.3) is 10.0 Å². The van der Waals surface area contributed by atoms with Crippen LogP contribution in [0, 0.1) is 11.3 Å². The molecule has 0 aliphatic rings. The minimum atomic E-state index is -3.74. The molecule has 5 nitrogen and oxygen atoms in total. The Bertz CT molecular complexity index is 754. The Balaban J connectivity index is 2.37. The van der Waals surface area contributed by atoms with Crippen LogP contribution < -0.4 is 4.72 Å². The summed E-state index contributed by atoms with van der Waals surface area (Å²) in [7, 11) is -3.74. The van der Waals surface area contributed by atoms with E-state index in [0.717, 1.165) is 0 Å². The fourth-order valence-electron chi connectivity index (χ4n) is 1.41. The second-order valence-corrected chi connectivity index (χ2v) is 6.08. The normalized spacial score (nSPS) is 10.7. The first-order valence-electron chi connectivity index (χ1n) is 5.16. The lowest BCUT2D eigenvalue weighted by molar-refractivity contribution is 0.600. The van der Waals surface area contributed by atoms with Gasteiger partial charge in [0.1, 0.15) is 10.7 Å². The van der Waals surface area contributed by atoms with Crippen LogP contribution in [0.3, 0.4) is 0 Å². The van der Waals surface area contributed by atoms with E-state index in [4.69, 9.17) is 5.26 Å². The molecule has 0 amide bonds. The number of hydrogen-bond donors (Lipinski definition) is 1. The summed E-state index contributed by atoms with van der Waals surface area (Å²) >= 11 is 3.18. The minimum absolute atomic E-state index is 0.106. The van der Waals surface area contributed by atoms with Gasteiger partial charge in [-0.05, 0) is 40.2 Å². The van der Waals surface area contributed by atoms with Gasteiger partial charge in [0.05, 0.1) is 11.6 Å². The lowest BCUT2D eigenvalue weighted by Gasteiger charge is -2.08. The molecule has 0 spiro atoms. The molecule has 0 saturated carbocycles. The van der Waals surface area contributed by atoms with Crippen molar-refractivity contribution < 1.29 is 8.42 Å². The molecule has 0 radical (unpaired) electrons. The van der Waals surface area contributed by atoms with Crippen LogP contribution in [0.25, 0.3) is 0 Å². The molecule has 19 heavy (non-hydrogen) atoms. The van der Waals surface area contributed by atoms with Crippen molar-refractivity contribution >= 4 is 31.8 Å². The van der Waals surface area contributed by atoms with Crippen LogP contribution >= 0.6 is 15.9 Å². The number of aromatic nitrogens is 1. The molecule has 7 heteroatoms. The molecular formula is C12H8BrN3O2S. The van der Waals surface area contributed by atoms with Crippen LogP contribution in [0.2, 0.25) is 0 Å². The molecule has 1 aromatic carbocycles. The van der Waals surface area contributed by atoms with E-state index in [1.54, 1.807) is 18.2 Å². The Labute approximate surface area is 119 Å². The van der Waals surface area contributed by atoms with E-state index in [-0.39, 0.29) is 10.7 Å². The highest BCUT2D eigenvalue weighted by atomic mass is 79.9. The zero-order chi connectivity index (χ0) is 13.9. The number of pyridine rings is 1. The Kier molecular flexibility index (Phi) is 3.83. The van der Waals surface area contributed by atoms with Crippen LogP contribution in [-0.2, 0) is 10.0 Å². The van der Waals surface area contributed by atoms with E-state index in [1.807, 2.05) is 6.07 Å². The number of rotatable bonds is 3. The van der Waals surface area contributed by atoms with Crippen molar-refractivity contribution in [3.63, 3.8) is 0 Å². The summed E-state index contributed by atoms with van der Waals surface area (Å²) in [5, 5.41) is 8.76. The SMILES string of the molecule is N#Cc1ccnc(NS(=O)(=O)c2ccccc2Br)c1. The molecule has 0 fully saturated rings. The van der Waals surface area contributed by atoms with Crippen molar-refractivity contribution in [1.82, 2.24) is 4.98 Å². The lowest BCUT2D eigenvalue weighted by atomic mass is 10.3. The van der Waals surface area contributed by atoms with E-state index in [1.165, 1.54) is 24.4 Å². The highest BCUT2D eigenvalue weighted by molar-refractivity contribution is 9.10. The van der Waals surface area contributed by atoms with Gasteiger partial charge in [-0.1, -0.05) is 12.1 Å². The fourth-order valence-corrected chi connectivity index (χ4v) is 3.41. The van der Waals surface area contributed by atoms with Crippen LogP contribution in [0.4, 0.5) is 5.82 Å². The number of sulfonamides is 1. The van der Waals surface area contributed by atoms with Crippen molar-refractivity contribution in [1.29, 1.82) is 5.26 Å². The molecule has 0 unspecified atom stereocenters. The third-order valence-corrected chi connectivity index (χ3v) is 4.62. The molecule has 96 valence electrons. The van der Waals surface area contributed by atoms with E-state index in [9.17, 15) is 8.42 Å². The summed E-state index contributed by atoms with van der Waals surface area (Å²) < 4.78 is 27.1. The predicted octanol–water partition coefficient (Wildman–Crippen LogP) is 2.52. The molecule has 1 aromatic heterocycles. The van der Waals surface area contributed by atoms with Crippen molar-refractivity contribution in [2.24, 2.45) is 0 Å². The Hall–Kier alpha value is -1.91. The molecule has 0 saturated heterocycles. The highest BCUT2D eigenvalue weighted by Gasteiger charge is 2.17. The van der Waals surface area contributed by atoms with E-state index >= 15 is 0 Å². The summed E-state index contributed by atoms with van der Waals surface area (Å²) in [6, 6.07) is 11.2. The summed E-state index contributed by atoms with van der Waals surface area (Å²) in [5.41, 5.74) is 0.333. The topological polar surface area (TPSA) is 82.8 Å². The Morgan fingerprint density at radius 1 is 1.26 bits per heavy atom. The van der Waals surface area contributed by atoms with E-state index < -0.39 is 10.0 Å². The third kappa shape index (κ3) is 3.10. The summed E-state index contributed by atoms with van der Waals surface area (Å²) in [6.07, 6.45) is 1.37. The molecule has 0 atom stereocenters. The zero-order valence-electron chi connectivity index (χ0n) is 9.54. The second-order valence-electron chi connectivity index (χ2n) is 3.58. The monoisotopic (exact) mass is 337 g/mol. The molecule has 2 aromatic rings. The number of nitrogens with zero attached hydrogens (tertiary/aromatic N) is 2. The predicted molar refractivity (Wildman–Crippen MR) is 73.9 cm³/mol. The Morgan fingerprint density at radius 3 is 2.68 bits per heavy atom. The van der Waals surface area contributed by atoms with Gasteiger partial charge in [-0.15, -0.1) is 0 Å². The van der Waals surface area contributed by atoms with Gasteiger partial charge in [0.15, 0.2) is 0 Å². The van der Waals surface area contributed by atoms with Crippen LogP contribution in [0.15, 0.2) is 52.0 Å². The molecule has 0 bridgehead atoms. The number of nitrogens with one attached hydrogen (secondary N) is 1. The standard InChI is InChI=1S/C12H8BrN3O2S/c13-10-3-1-2-4-11(10)19(17,18)16-12-7-9(8-14)5-6-15-12/h1-7H,(H,15,16). The van der Waals surface area contributed by atoms with Gasteiger partial charge in [-0.2, -0.15) is 5.26 Å². The zero-order valence-corrected chi connectivity index (χ0v) is 11.9. The maximum absolute atomic E-state index is 12.2. The maximum Gasteiger partial charge on any atom is 0.264 e. The second kappa shape index (κ2) is 5.38. The minimum Gasteiger partial charge on any atom is -0.263 e. The first-order chi connectivity index (χ1) is 9.03. The summed E-state index contributed by atoms with van der Waals surface area (Å²) in [4.78, 5) is 3.98. The van der Waals surface area contributed by atoms with Crippen LogP contribution in [0.1, 0.15) is 5.56 Å². The fraction of sp³-hybridized carbons (Fsp3) is 0. The quantitative estimate of drug-likeness (QED) is 0.932. The number of hydrogen-bond acceptors (Lipinski definition) is 4. The maximum atomic E-state index is 12.2. The van der Waals surface area contributed by atoms with E-state index in [0.29, 0.717) is 10.0 Å². The van der Waals surface area contributed by atoms with Crippen molar-refractivity contribution in [3.05, 3.63) is 52.6 Å². The number of anilines is 1. The van der Waals surface area contributed by atoms with Crippen molar-refractivity contribution in [3.8, 4) is 6.07 Å². The van der Waals surface area contributed by atoms with Gasteiger partial charge >= 0.3 is 0 Å². The highest BCUT2D eigenvalue weighted by Crippen LogP contribution is 2.23. The van der Waals surface area contributed by atoms with Crippen molar-refractivity contribution in [2.45, 2.75) is 4.90 Å². The van der Waals surface area contributed by atoms with Gasteiger partial charge in [0.2, 0.25) is 0 Å². The number of halogens is 1. The number of nitriles is 1. The molecule has 2 rings (SSSR count). The van der Waals surface area contributed by atoms with Crippen molar-refractivity contribution in [2.75, 3.05) is 4.72 Å². The Morgan fingerprint density at radius 2 is 2.00 bits per heavy atom. The van der Waals surface area contributed by atoms with Gasteiger partial charge in [0, 0.05) is 10.7 Å².